The second-order valence-electron chi connectivity index (χ2n) is 2.49. The van der Waals surface area contributed by atoms with Crippen molar-refractivity contribution in [1.29, 1.82) is 0 Å². The molecule has 0 spiro atoms. The number of hydrogen-bond acceptors (Lipinski definition) is 2. The van der Waals surface area contributed by atoms with Gasteiger partial charge in [-0.15, -0.1) is 0 Å². The fourth-order valence-corrected chi connectivity index (χ4v) is 1.03. The Kier molecular flexibility index (Phi) is 3.25. The van der Waals surface area contributed by atoms with Gasteiger partial charge < -0.3 is 4.74 Å². The van der Waals surface area contributed by atoms with Crippen molar-refractivity contribution in [3.8, 4) is 0 Å². The summed E-state index contributed by atoms with van der Waals surface area (Å²) in [7, 11) is 0. The number of benzene rings is 1. The molecule has 1 aromatic rings. The van der Waals surface area contributed by atoms with Crippen LogP contribution >= 0.6 is 11.6 Å². The molecule has 0 amide bonds. The number of ether oxygens (including phenoxy) is 1. The number of rotatable bonds is 2. The lowest BCUT2D eigenvalue weighted by Crippen LogP contribution is -2.00. The van der Waals surface area contributed by atoms with E-state index in [1.807, 2.05) is 0 Å². The van der Waals surface area contributed by atoms with E-state index in [1.54, 1.807) is 6.07 Å². The van der Waals surface area contributed by atoms with Gasteiger partial charge in [0.1, 0.15) is 12.4 Å². The van der Waals surface area contributed by atoms with Gasteiger partial charge in [-0.2, -0.15) is 0 Å². The summed E-state index contributed by atoms with van der Waals surface area (Å²) in [5.74, 6) is -0.982. The Morgan fingerprint density at radius 1 is 1.62 bits per heavy atom. The maximum atomic E-state index is 13.1. The smallest absolute Gasteiger partial charge is 0.302 e. The van der Waals surface area contributed by atoms with E-state index in [-0.39, 0.29) is 17.2 Å². The predicted molar refractivity (Wildman–Crippen MR) is 46.9 cm³/mol. The molecule has 0 bridgehead atoms. The van der Waals surface area contributed by atoms with Gasteiger partial charge in [-0.3, -0.25) is 4.79 Å². The summed E-state index contributed by atoms with van der Waals surface area (Å²) < 4.78 is 17.8. The number of halogens is 2. The predicted octanol–water partition coefficient (Wildman–Crippen LogP) is 2.54. The van der Waals surface area contributed by atoms with Crippen LogP contribution in [0.5, 0.6) is 0 Å². The van der Waals surface area contributed by atoms with E-state index in [9.17, 15) is 9.18 Å². The van der Waals surface area contributed by atoms with Gasteiger partial charge in [-0.05, 0) is 6.07 Å². The van der Waals surface area contributed by atoms with Crippen molar-refractivity contribution in [2.75, 3.05) is 0 Å². The van der Waals surface area contributed by atoms with Gasteiger partial charge in [0.2, 0.25) is 0 Å². The molecule has 0 heterocycles. The minimum absolute atomic E-state index is 0.0321. The molecule has 0 aliphatic heterocycles. The van der Waals surface area contributed by atoms with Crippen LogP contribution in [0, 0.1) is 5.82 Å². The molecule has 0 fully saturated rings. The third kappa shape index (κ3) is 2.70. The Morgan fingerprint density at radius 3 is 2.92 bits per heavy atom. The van der Waals surface area contributed by atoms with Gasteiger partial charge in [-0.25, -0.2) is 4.39 Å². The largest absolute Gasteiger partial charge is 0.461 e. The van der Waals surface area contributed by atoms with Gasteiger partial charge in [-0.1, -0.05) is 23.7 Å². The molecular formula is C9H8ClFO2. The molecule has 0 saturated heterocycles. The van der Waals surface area contributed by atoms with Crippen molar-refractivity contribution in [3.05, 3.63) is 34.6 Å². The summed E-state index contributed by atoms with van der Waals surface area (Å²) >= 11 is 5.51. The van der Waals surface area contributed by atoms with E-state index in [0.29, 0.717) is 0 Å². The zero-order valence-corrected chi connectivity index (χ0v) is 7.77. The maximum Gasteiger partial charge on any atom is 0.302 e. The van der Waals surface area contributed by atoms with Crippen molar-refractivity contribution in [2.45, 2.75) is 13.5 Å². The average molecular weight is 203 g/mol. The Bertz CT molecular complexity index is 325. The lowest BCUT2D eigenvalue weighted by Gasteiger charge is -2.03. The highest BCUT2D eigenvalue weighted by Gasteiger charge is 2.06. The Morgan fingerprint density at radius 2 is 2.31 bits per heavy atom. The Labute approximate surface area is 80.3 Å². The van der Waals surface area contributed by atoms with Crippen LogP contribution in [0.25, 0.3) is 0 Å². The molecular weight excluding hydrogens is 195 g/mol. The fraction of sp³-hybridized carbons (Fsp3) is 0.222. The van der Waals surface area contributed by atoms with Crippen molar-refractivity contribution in [3.63, 3.8) is 0 Å². The SMILES string of the molecule is CC(=O)OCc1cccc(Cl)c1F. The molecule has 1 rings (SSSR count). The molecule has 0 radical (unpaired) electrons. The second kappa shape index (κ2) is 4.23. The fourth-order valence-electron chi connectivity index (χ4n) is 0.839. The Hall–Kier alpha value is -1.09. The first kappa shape index (κ1) is 9.99. The van der Waals surface area contributed by atoms with Gasteiger partial charge in [0.15, 0.2) is 0 Å². The summed E-state index contributed by atoms with van der Waals surface area (Å²) in [6, 6.07) is 4.56. The van der Waals surface area contributed by atoms with Gasteiger partial charge in [0.05, 0.1) is 5.02 Å². The second-order valence-corrected chi connectivity index (χ2v) is 2.90. The van der Waals surface area contributed by atoms with Crippen LogP contribution in [0.3, 0.4) is 0 Å². The van der Waals surface area contributed by atoms with Crippen molar-refractivity contribution in [2.24, 2.45) is 0 Å². The molecule has 1 aromatic carbocycles. The summed E-state index contributed by atoms with van der Waals surface area (Å²) in [6.45, 7) is 1.18. The van der Waals surface area contributed by atoms with E-state index in [4.69, 9.17) is 11.6 Å². The van der Waals surface area contributed by atoms with E-state index in [0.717, 1.165) is 0 Å². The molecule has 13 heavy (non-hydrogen) atoms. The molecule has 0 N–H and O–H groups in total. The van der Waals surface area contributed by atoms with Crippen LogP contribution in [-0.4, -0.2) is 5.97 Å². The zero-order valence-electron chi connectivity index (χ0n) is 7.01. The minimum Gasteiger partial charge on any atom is -0.461 e. The first-order chi connectivity index (χ1) is 6.11. The number of carbonyl (C=O) groups excluding carboxylic acids is 1. The molecule has 0 aliphatic carbocycles. The molecule has 70 valence electrons. The van der Waals surface area contributed by atoms with Crippen LogP contribution in [-0.2, 0) is 16.1 Å². The van der Waals surface area contributed by atoms with Crippen molar-refractivity contribution < 1.29 is 13.9 Å². The highest BCUT2D eigenvalue weighted by molar-refractivity contribution is 6.30. The quantitative estimate of drug-likeness (QED) is 0.689. The van der Waals surface area contributed by atoms with Crippen LogP contribution in [0.4, 0.5) is 4.39 Å². The van der Waals surface area contributed by atoms with E-state index in [2.05, 4.69) is 4.74 Å². The van der Waals surface area contributed by atoms with Gasteiger partial charge >= 0.3 is 5.97 Å². The lowest BCUT2D eigenvalue weighted by atomic mass is 10.2. The molecule has 0 atom stereocenters. The van der Waals surface area contributed by atoms with E-state index >= 15 is 0 Å². The standard InChI is InChI=1S/C9H8ClFO2/c1-6(12)13-5-7-3-2-4-8(10)9(7)11/h2-4H,5H2,1H3. The molecule has 0 saturated carbocycles. The lowest BCUT2D eigenvalue weighted by molar-refractivity contribution is -0.142. The highest BCUT2D eigenvalue weighted by Crippen LogP contribution is 2.18. The van der Waals surface area contributed by atoms with Crippen molar-refractivity contribution >= 4 is 17.6 Å². The van der Waals surface area contributed by atoms with Gasteiger partial charge in [0, 0.05) is 12.5 Å². The molecule has 0 unspecified atom stereocenters. The highest BCUT2D eigenvalue weighted by atomic mass is 35.5. The summed E-state index contributed by atoms with van der Waals surface area (Å²) in [6.07, 6.45) is 0. The third-order valence-electron chi connectivity index (χ3n) is 1.46. The van der Waals surface area contributed by atoms with Crippen LogP contribution in [0.15, 0.2) is 18.2 Å². The van der Waals surface area contributed by atoms with E-state index < -0.39 is 11.8 Å². The van der Waals surface area contributed by atoms with Crippen LogP contribution < -0.4 is 0 Å². The normalized spacial score (nSPS) is 9.77. The number of esters is 1. The van der Waals surface area contributed by atoms with Crippen molar-refractivity contribution in [1.82, 2.24) is 0 Å². The van der Waals surface area contributed by atoms with Crippen LogP contribution in [0.2, 0.25) is 5.02 Å². The number of hydrogen-bond donors (Lipinski definition) is 0. The average Bonchev–Trinajstić information content (AvgIpc) is 2.07. The molecule has 0 aliphatic rings. The number of carbonyl (C=O) groups is 1. The molecule has 2 nitrogen and oxygen atoms in total. The first-order valence-corrected chi connectivity index (χ1v) is 4.05. The molecule has 0 aromatic heterocycles. The first-order valence-electron chi connectivity index (χ1n) is 3.67. The summed E-state index contributed by atoms with van der Waals surface area (Å²) in [4.78, 5) is 10.4. The van der Waals surface area contributed by atoms with Gasteiger partial charge in [0.25, 0.3) is 0 Å². The maximum absolute atomic E-state index is 13.1. The monoisotopic (exact) mass is 202 g/mol. The third-order valence-corrected chi connectivity index (χ3v) is 1.75. The minimum atomic E-state index is -0.537. The summed E-state index contributed by atoms with van der Waals surface area (Å²) in [5.41, 5.74) is 0.280. The zero-order chi connectivity index (χ0) is 9.84. The van der Waals surface area contributed by atoms with E-state index in [1.165, 1.54) is 19.1 Å². The topological polar surface area (TPSA) is 26.3 Å². The van der Waals surface area contributed by atoms with Crippen LogP contribution in [0.1, 0.15) is 12.5 Å². The summed E-state index contributed by atoms with van der Waals surface area (Å²) in [5, 5.41) is 0.0321. The Balaban J connectivity index is 2.77. The molecule has 4 heteroatoms.